The Balaban J connectivity index is 1.87. The summed E-state index contributed by atoms with van der Waals surface area (Å²) in [6.45, 7) is 1.91. The van der Waals surface area contributed by atoms with Gasteiger partial charge in [-0.2, -0.15) is 13.2 Å². The van der Waals surface area contributed by atoms with Gasteiger partial charge in [-0.05, 0) is 60.2 Å². The van der Waals surface area contributed by atoms with Gasteiger partial charge in [-0.3, -0.25) is 10.1 Å². The van der Waals surface area contributed by atoms with E-state index in [2.05, 4.69) is 10.6 Å². The zero-order chi connectivity index (χ0) is 24.0. The molecule has 33 heavy (non-hydrogen) atoms. The number of hydrogen-bond acceptors (Lipinski definition) is 2. The molecule has 1 amide bonds. The maximum atomic E-state index is 12.9. The van der Waals surface area contributed by atoms with E-state index < -0.39 is 17.8 Å². The largest absolute Gasteiger partial charge is 0.416 e. The number of rotatable bonds is 8. The molecule has 0 radical (unpaired) electrons. The first-order valence-corrected chi connectivity index (χ1v) is 11.0. The van der Waals surface area contributed by atoms with Crippen molar-refractivity contribution in [3.05, 3.63) is 106 Å². The van der Waals surface area contributed by atoms with Gasteiger partial charge in [-0.1, -0.05) is 66.2 Å². The number of carbonyl (C=O) groups excluding carboxylic acids is 1. The van der Waals surface area contributed by atoms with Crippen molar-refractivity contribution >= 4 is 17.5 Å². The first kappa shape index (κ1) is 24.8. The Morgan fingerprint density at radius 1 is 0.970 bits per heavy atom. The first-order chi connectivity index (χ1) is 15.7. The Hall–Kier alpha value is -2.83. The molecule has 0 heterocycles. The standard InChI is InChI=1S/C26H26ClF3N2O/c1-17-8-12-20(16-22(17)27)23(15-11-18-9-13-21(14-10-18)26(28,29)30)32-24(25(33)31-2)19-6-4-3-5-7-19/h3-10,12-14,16,23-24,32H,11,15H2,1-2H3,(H,31,33). The Kier molecular flexibility index (Phi) is 8.16. The molecule has 0 bridgehead atoms. The highest BCUT2D eigenvalue weighted by atomic mass is 35.5. The van der Waals surface area contributed by atoms with Crippen molar-refractivity contribution in [2.24, 2.45) is 0 Å². The Morgan fingerprint density at radius 2 is 1.64 bits per heavy atom. The smallest absolute Gasteiger partial charge is 0.358 e. The van der Waals surface area contributed by atoms with Gasteiger partial charge >= 0.3 is 6.18 Å². The van der Waals surface area contributed by atoms with Crippen LogP contribution in [0.5, 0.6) is 0 Å². The number of benzene rings is 3. The van der Waals surface area contributed by atoms with Crippen LogP contribution in [0.2, 0.25) is 5.02 Å². The highest BCUT2D eigenvalue weighted by Gasteiger charge is 2.30. The number of likely N-dealkylation sites (N-methyl/N-ethyl adjacent to an activating group) is 1. The van der Waals surface area contributed by atoms with Crippen LogP contribution in [0, 0.1) is 6.92 Å². The molecule has 0 aliphatic carbocycles. The molecule has 3 rings (SSSR count). The molecule has 0 saturated heterocycles. The molecular formula is C26H26ClF3N2O. The minimum Gasteiger partial charge on any atom is -0.358 e. The van der Waals surface area contributed by atoms with Crippen LogP contribution in [0.3, 0.4) is 0 Å². The lowest BCUT2D eigenvalue weighted by Crippen LogP contribution is -2.38. The molecule has 0 aliphatic heterocycles. The summed E-state index contributed by atoms with van der Waals surface area (Å²) in [5.41, 5.74) is 2.77. The van der Waals surface area contributed by atoms with Crippen molar-refractivity contribution in [1.82, 2.24) is 10.6 Å². The number of hydrogen-bond donors (Lipinski definition) is 2. The van der Waals surface area contributed by atoms with Crippen molar-refractivity contribution in [2.75, 3.05) is 7.05 Å². The highest BCUT2D eigenvalue weighted by Crippen LogP contribution is 2.31. The van der Waals surface area contributed by atoms with Gasteiger partial charge in [-0.15, -0.1) is 0 Å². The summed E-state index contributed by atoms with van der Waals surface area (Å²) < 4.78 is 38.6. The van der Waals surface area contributed by atoms with E-state index in [4.69, 9.17) is 11.6 Å². The fraction of sp³-hybridized carbons (Fsp3) is 0.269. The summed E-state index contributed by atoms with van der Waals surface area (Å²) in [7, 11) is 1.58. The van der Waals surface area contributed by atoms with Gasteiger partial charge < -0.3 is 5.32 Å². The lowest BCUT2D eigenvalue weighted by molar-refractivity contribution is -0.137. The van der Waals surface area contributed by atoms with E-state index in [1.807, 2.05) is 55.5 Å². The van der Waals surface area contributed by atoms with Crippen molar-refractivity contribution in [2.45, 2.75) is 38.0 Å². The average molecular weight is 475 g/mol. The van der Waals surface area contributed by atoms with E-state index in [0.29, 0.717) is 17.9 Å². The molecule has 0 spiro atoms. The lowest BCUT2D eigenvalue weighted by atomic mass is 9.95. The second-order valence-corrected chi connectivity index (χ2v) is 8.33. The van der Waals surface area contributed by atoms with Gasteiger partial charge in [-0.25, -0.2) is 0 Å². The van der Waals surface area contributed by atoms with Gasteiger partial charge in [0.2, 0.25) is 5.91 Å². The zero-order valence-electron chi connectivity index (χ0n) is 18.4. The van der Waals surface area contributed by atoms with Crippen molar-refractivity contribution in [3.63, 3.8) is 0 Å². The third-order valence-corrected chi connectivity index (χ3v) is 6.02. The normalized spacial score (nSPS) is 13.4. The lowest BCUT2D eigenvalue weighted by Gasteiger charge is -2.26. The van der Waals surface area contributed by atoms with E-state index in [0.717, 1.165) is 34.4 Å². The number of aryl methyl sites for hydroxylation is 2. The summed E-state index contributed by atoms with van der Waals surface area (Å²) in [6.07, 6.45) is -3.28. The van der Waals surface area contributed by atoms with Crippen molar-refractivity contribution in [3.8, 4) is 0 Å². The molecule has 3 nitrogen and oxygen atoms in total. The molecule has 3 aromatic rings. The summed E-state index contributed by atoms with van der Waals surface area (Å²) in [5, 5.41) is 6.76. The van der Waals surface area contributed by atoms with Crippen molar-refractivity contribution in [1.29, 1.82) is 0 Å². The van der Waals surface area contributed by atoms with Crippen LogP contribution in [0.25, 0.3) is 0 Å². The number of halogens is 4. The average Bonchev–Trinajstić information content (AvgIpc) is 2.81. The van der Waals surface area contributed by atoms with Crippen molar-refractivity contribution < 1.29 is 18.0 Å². The molecule has 0 aromatic heterocycles. The Bertz CT molecular complexity index is 1070. The SMILES string of the molecule is CNC(=O)C(NC(CCc1ccc(C(F)(F)F)cc1)c1ccc(C)c(Cl)c1)c1ccccc1. The fourth-order valence-electron chi connectivity index (χ4n) is 3.66. The third kappa shape index (κ3) is 6.59. The van der Waals surface area contributed by atoms with Crippen LogP contribution in [-0.2, 0) is 17.4 Å². The molecule has 7 heteroatoms. The van der Waals surface area contributed by atoms with E-state index >= 15 is 0 Å². The van der Waals surface area contributed by atoms with E-state index in [1.54, 1.807) is 7.05 Å². The topological polar surface area (TPSA) is 41.1 Å². The summed E-state index contributed by atoms with van der Waals surface area (Å²) in [5.74, 6) is -0.182. The van der Waals surface area contributed by atoms with E-state index in [-0.39, 0.29) is 11.9 Å². The monoisotopic (exact) mass is 474 g/mol. The number of carbonyl (C=O) groups is 1. The minimum atomic E-state index is -4.36. The summed E-state index contributed by atoms with van der Waals surface area (Å²) in [4.78, 5) is 12.7. The molecule has 2 N–H and O–H groups in total. The molecule has 0 aliphatic rings. The minimum absolute atomic E-state index is 0.182. The third-order valence-electron chi connectivity index (χ3n) is 5.61. The Labute approximate surface area is 197 Å². The number of alkyl halides is 3. The molecule has 174 valence electrons. The maximum Gasteiger partial charge on any atom is 0.416 e. The van der Waals surface area contributed by atoms with Gasteiger partial charge in [0.15, 0.2) is 0 Å². The summed E-state index contributed by atoms with van der Waals surface area (Å²) in [6, 6.07) is 19.4. The predicted molar refractivity (Wildman–Crippen MR) is 125 cm³/mol. The maximum absolute atomic E-state index is 12.9. The van der Waals surface area contributed by atoms with Crippen LogP contribution in [0.4, 0.5) is 13.2 Å². The van der Waals surface area contributed by atoms with Crippen LogP contribution >= 0.6 is 11.6 Å². The van der Waals surface area contributed by atoms with E-state index in [1.165, 1.54) is 12.1 Å². The van der Waals surface area contributed by atoms with Crippen LogP contribution < -0.4 is 10.6 Å². The Morgan fingerprint density at radius 3 is 2.21 bits per heavy atom. The number of nitrogens with one attached hydrogen (secondary N) is 2. The molecule has 2 atom stereocenters. The van der Waals surface area contributed by atoms with Crippen LogP contribution in [0.15, 0.2) is 72.8 Å². The number of amides is 1. The molecule has 0 saturated carbocycles. The first-order valence-electron chi connectivity index (χ1n) is 10.6. The quantitative estimate of drug-likeness (QED) is 0.395. The van der Waals surface area contributed by atoms with Gasteiger partial charge in [0.05, 0.1) is 5.56 Å². The predicted octanol–water partition coefficient (Wildman–Crippen LogP) is 6.42. The van der Waals surface area contributed by atoms with Gasteiger partial charge in [0.25, 0.3) is 0 Å². The van der Waals surface area contributed by atoms with Crippen LogP contribution in [0.1, 0.15) is 46.3 Å². The molecule has 3 aromatic carbocycles. The van der Waals surface area contributed by atoms with Gasteiger partial charge in [0.1, 0.15) is 6.04 Å². The van der Waals surface area contributed by atoms with Gasteiger partial charge in [0, 0.05) is 18.1 Å². The fourth-order valence-corrected chi connectivity index (χ4v) is 3.85. The second kappa shape index (κ2) is 10.9. The summed E-state index contributed by atoms with van der Waals surface area (Å²) >= 11 is 6.36. The molecule has 2 unspecified atom stereocenters. The zero-order valence-corrected chi connectivity index (χ0v) is 19.2. The van der Waals surface area contributed by atoms with E-state index in [9.17, 15) is 18.0 Å². The van der Waals surface area contributed by atoms with Crippen LogP contribution in [-0.4, -0.2) is 13.0 Å². The molecular weight excluding hydrogens is 449 g/mol. The molecule has 0 fully saturated rings. The second-order valence-electron chi connectivity index (χ2n) is 7.92. The highest BCUT2D eigenvalue weighted by molar-refractivity contribution is 6.31.